The van der Waals surface area contributed by atoms with Crippen LogP contribution in [0.2, 0.25) is 6.04 Å². The second-order valence-electron chi connectivity index (χ2n) is 1.95. The van der Waals surface area contributed by atoms with E-state index in [0.717, 1.165) is 12.5 Å². The van der Waals surface area contributed by atoms with Gasteiger partial charge < -0.3 is 9.74 Å². The smallest absolute Gasteiger partial charge is 0.243 e. The number of hydrogen-bond donors (Lipinski definition) is 1. The van der Waals surface area contributed by atoms with Crippen molar-refractivity contribution in [3.63, 3.8) is 0 Å². The van der Waals surface area contributed by atoms with Crippen molar-refractivity contribution in [3.05, 3.63) is 12.7 Å². The Morgan fingerprint density at radius 2 is 2.55 bits per heavy atom. The van der Waals surface area contributed by atoms with Gasteiger partial charge in [0.05, 0.1) is 0 Å². The first kappa shape index (κ1) is 10.4. The third kappa shape index (κ3) is 7.28. The molecule has 0 saturated heterocycles. The van der Waals surface area contributed by atoms with Crippen LogP contribution in [0.1, 0.15) is 6.42 Å². The van der Waals surface area contributed by atoms with Crippen LogP contribution in [0.5, 0.6) is 0 Å². The van der Waals surface area contributed by atoms with Crippen LogP contribution in [0.15, 0.2) is 12.7 Å². The molecule has 0 heterocycles. The van der Waals surface area contributed by atoms with Gasteiger partial charge in [-0.25, -0.2) is 0 Å². The molecule has 1 amide bonds. The second kappa shape index (κ2) is 7.49. The van der Waals surface area contributed by atoms with Gasteiger partial charge in [0, 0.05) is 13.7 Å². The van der Waals surface area contributed by atoms with Crippen molar-refractivity contribution in [2.75, 3.05) is 13.7 Å². The van der Waals surface area contributed by atoms with Gasteiger partial charge in [0.15, 0.2) is 0 Å². The Balaban J connectivity index is 3.01. The van der Waals surface area contributed by atoms with Crippen molar-refractivity contribution in [1.82, 2.24) is 5.32 Å². The van der Waals surface area contributed by atoms with E-state index in [-0.39, 0.29) is 5.91 Å². The molecular formula is C7H13NO2Si. The molecule has 0 aliphatic carbocycles. The summed E-state index contributed by atoms with van der Waals surface area (Å²) in [6, 6.07) is 1.01. The molecule has 0 spiro atoms. The molecule has 0 aromatic heterocycles. The SMILES string of the molecule is C=CC(=O)NCCC[Si]OC. The average molecular weight is 171 g/mol. The minimum Gasteiger partial charge on any atom is -0.421 e. The molecule has 0 aromatic rings. The van der Waals surface area contributed by atoms with Crippen molar-refractivity contribution in [2.24, 2.45) is 0 Å². The summed E-state index contributed by atoms with van der Waals surface area (Å²) in [6.45, 7) is 4.05. The summed E-state index contributed by atoms with van der Waals surface area (Å²) in [5.74, 6) is -0.106. The zero-order valence-corrected chi connectivity index (χ0v) is 7.72. The molecule has 0 unspecified atom stereocenters. The van der Waals surface area contributed by atoms with Crippen LogP contribution in [-0.2, 0) is 9.22 Å². The fourth-order valence-corrected chi connectivity index (χ4v) is 1.07. The van der Waals surface area contributed by atoms with Crippen molar-refractivity contribution in [1.29, 1.82) is 0 Å². The number of nitrogens with one attached hydrogen (secondary N) is 1. The molecule has 11 heavy (non-hydrogen) atoms. The van der Waals surface area contributed by atoms with Crippen molar-refractivity contribution in [2.45, 2.75) is 12.5 Å². The van der Waals surface area contributed by atoms with Crippen LogP contribution in [0.4, 0.5) is 0 Å². The van der Waals surface area contributed by atoms with E-state index >= 15 is 0 Å². The Hall–Kier alpha value is -0.613. The lowest BCUT2D eigenvalue weighted by molar-refractivity contribution is -0.116. The van der Waals surface area contributed by atoms with Gasteiger partial charge in [-0.1, -0.05) is 6.58 Å². The van der Waals surface area contributed by atoms with E-state index in [0.29, 0.717) is 16.3 Å². The lowest BCUT2D eigenvalue weighted by Crippen LogP contribution is -2.22. The van der Waals surface area contributed by atoms with E-state index in [1.54, 1.807) is 7.11 Å². The fraction of sp³-hybridized carbons (Fsp3) is 0.571. The maximum absolute atomic E-state index is 10.6. The van der Waals surface area contributed by atoms with Crippen molar-refractivity contribution in [3.8, 4) is 0 Å². The second-order valence-corrected chi connectivity index (χ2v) is 3.14. The Bertz CT molecular complexity index is 128. The highest BCUT2D eigenvalue weighted by atomic mass is 28.2. The number of carbonyl (C=O) groups is 1. The number of amides is 1. The summed E-state index contributed by atoms with van der Waals surface area (Å²) in [5.41, 5.74) is 0. The van der Waals surface area contributed by atoms with Gasteiger partial charge in [-0.2, -0.15) is 0 Å². The highest BCUT2D eigenvalue weighted by molar-refractivity contribution is 6.26. The predicted octanol–water partition coefficient (Wildman–Crippen LogP) is 0.363. The Labute approximate surface area is 69.8 Å². The van der Waals surface area contributed by atoms with E-state index in [1.807, 2.05) is 0 Å². The first-order chi connectivity index (χ1) is 5.31. The van der Waals surface area contributed by atoms with Crippen LogP contribution in [0, 0.1) is 0 Å². The van der Waals surface area contributed by atoms with Gasteiger partial charge in [0.2, 0.25) is 15.7 Å². The highest BCUT2D eigenvalue weighted by Crippen LogP contribution is 1.85. The van der Waals surface area contributed by atoms with E-state index in [1.165, 1.54) is 6.08 Å². The van der Waals surface area contributed by atoms with Crippen LogP contribution >= 0.6 is 0 Å². The lowest BCUT2D eigenvalue weighted by Gasteiger charge is -1.99. The molecule has 0 saturated carbocycles. The largest absolute Gasteiger partial charge is 0.421 e. The van der Waals surface area contributed by atoms with Crippen molar-refractivity contribution < 1.29 is 9.22 Å². The molecule has 1 N–H and O–H groups in total. The molecule has 0 aliphatic rings. The fourth-order valence-electron chi connectivity index (χ4n) is 0.546. The summed E-state index contributed by atoms with van der Waals surface area (Å²) in [6.07, 6.45) is 2.24. The molecule has 0 aromatic carbocycles. The van der Waals surface area contributed by atoms with Gasteiger partial charge in [-0.05, 0) is 18.5 Å². The number of hydrogen-bond acceptors (Lipinski definition) is 2. The van der Waals surface area contributed by atoms with Crippen LogP contribution in [-0.4, -0.2) is 29.3 Å². The standard InChI is InChI=1S/C7H13NO2Si/c1-3-7(9)8-5-4-6-11-10-2/h3H,1,4-6H2,2H3,(H,8,9). The summed E-state index contributed by atoms with van der Waals surface area (Å²) in [7, 11) is 2.22. The van der Waals surface area contributed by atoms with E-state index in [2.05, 4.69) is 11.9 Å². The van der Waals surface area contributed by atoms with E-state index < -0.39 is 0 Å². The molecule has 0 bridgehead atoms. The van der Waals surface area contributed by atoms with Gasteiger partial charge in [0.25, 0.3) is 0 Å². The molecule has 4 heteroatoms. The molecule has 3 nitrogen and oxygen atoms in total. The van der Waals surface area contributed by atoms with Gasteiger partial charge in [0.1, 0.15) is 0 Å². The predicted molar refractivity (Wildman–Crippen MR) is 45.4 cm³/mol. The third-order valence-electron chi connectivity index (χ3n) is 1.08. The monoisotopic (exact) mass is 171 g/mol. The van der Waals surface area contributed by atoms with Gasteiger partial charge in [-0.3, -0.25) is 4.79 Å². The molecule has 0 rings (SSSR count). The first-order valence-corrected chi connectivity index (χ1v) is 4.59. The van der Waals surface area contributed by atoms with Crippen LogP contribution in [0.3, 0.4) is 0 Å². The molecular weight excluding hydrogens is 158 g/mol. The van der Waals surface area contributed by atoms with Crippen LogP contribution < -0.4 is 5.32 Å². The molecule has 0 atom stereocenters. The van der Waals surface area contributed by atoms with Crippen LogP contribution in [0.25, 0.3) is 0 Å². The Morgan fingerprint density at radius 3 is 3.09 bits per heavy atom. The topological polar surface area (TPSA) is 38.3 Å². The zero-order chi connectivity index (χ0) is 8.53. The summed E-state index contributed by atoms with van der Waals surface area (Å²) >= 11 is 0. The van der Waals surface area contributed by atoms with E-state index in [9.17, 15) is 4.79 Å². The highest BCUT2D eigenvalue weighted by Gasteiger charge is 1.92. The first-order valence-electron chi connectivity index (χ1n) is 3.47. The summed E-state index contributed by atoms with van der Waals surface area (Å²) in [5, 5.41) is 2.68. The lowest BCUT2D eigenvalue weighted by atomic mass is 10.4. The summed E-state index contributed by atoms with van der Waals surface area (Å²) < 4.78 is 4.87. The van der Waals surface area contributed by atoms with Crippen molar-refractivity contribution >= 4 is 15.7 Å². The minimum atomic E-state index is -0.106. The van der Waals surface area contributed by atoms with Gasteiger partial charge >= 0.3 is 0 Å². The average Bonchev–Trinajstić information content (AvgIpc) is 2.04. The summed E-state index contributed by atoms with van der Waals surface area (Å²) in [4.78, 5) is 10.6. The zero-order valence-electron chi connectivity index (χ0n) is 6.72. The quantitative estimate of drug-likeness (QED) is 0.356. The normalized spacial score (nSPS) is 9.18. The number of carbonyl (C=O) groups excluding carboxylic acids is 1. The molecule has 0 aliphatic heterocycles. The Kier molecular flexibility index (Phi) is 7.08. The maximum Gasteiger partial charge on any atom is 0.243 e. The third-order valence-corrected chi connectivity index (χ3v) is 1.93. The molecule has 62 valence electrons. The van der Waals surface area contributed by atoms with E-state index in [4.69, 9.17) is 4.43 Å². The maximum atomic E-state index is 10.6. The minimum absolute atomic E-state index is 0.106. The number of rotatable bonds is 6. The molecule has 2 radical (unpaired) electrons. The Morgan fingerprint density at radius 1 is 1.82 bits per heavy atom. The molecule has 0 fully saturated rings. The van der Waals surface area contributed by atoms with Gasteiger partial charge in [-0.15, -0.1) is 0 Å².